The SMILES string of the molecule is CCCCCCCCOc1ccc(OCCC[C@H]2CC[C@H](CCCCC)CC2)cc1. The molecule has 1 aromatic carbocycles. The van der Waals surface area contributed by atoms with Crippen molar-refractivity contribution in [3.05, 3.63) is 24.3 Å². The fraction of sp³-hybridized carbons (Fsp3) is 0.786. The van der Waals surface area contributed by atoms with Gasteiger partial charge in [0.1, 0.15) is 11.5 Å². The smallest absolute Gasteiger partial charge is 0.119 e. The average molecular weight is 417 g/mol. The molecule has 1 fully saturated rings. The van der Waals surface area contributed by atoms with Crippen LogP contribution in [0.1, 0.15) is 117 Å². The molecule has 0 saturated heterocycles. The Balaban J connectivity index is 1.48. The molecule has 0 bridgehead atoms. The van der Waals surface area contributed by atoms with Crippen LogP contribution in [0.25, 0.3) is 0 Å². The van der Waals surface area contributed by atoms with Crippen molar-refractivity contribution in [2.24, 2.45) is 11.8 Å². The Labute approximate surface area is 187 Å². The van der Waals surface area contributed by atoms with E-state index in [4.69, 9.17) is 9.47 Å². The highest BCUT2D eigenvalue weighted by atomic mass is 16.5. The van der Waals surface area contributed by atoms with Gasteiger partial charge in [0.15, 0.2) is 0 Å². The van der Waals surface area contributed by atoms with Crippen LogP contribution >= 0.6 is 0 Å². The number of rotatable bonds is 17. The van der Waals surface area contributed by atoms with E-state index in [9.17, 15) is 0 Å². The molecule has 0 N–H and O–H groups in total. The third-order valence-corrected chi connectivity index (χ3v) is 6.80. The maximum Gasteiger partial charge on any atom is 0.119 e. The first-order valence-electron chi connectivity index (χ1n) is 13.2. The lowest BCUT2D eigenvalue weighted by Gasteiger charge is -2.28. The summed E-state index contributed by atoms with van der Waals surface area (Å²) in [6.45, 7) is 6.23. The molecule has 1 aliphatic carbocycles. The van der Waals surface area contributed by atoms with E-state index in [1.54, 1.807) is 0 Å². The fourth-order valence-corrected chi connectivity index (χ4v) is 4.76. The molecule has 0 atom stereocenters. The van der Waals surface area contributed by atoms with Crippen LogP contribution < -0.4 is 9.47 Å². The lowest BCUT2D eigenvalue weighted by Crippen LogP contribution is -2.15. The van der Waals surface area contributed by atoms with E-state index in [1.807, 2.05) is 12.1 Å². The summed E-state index contributed by atoms with van der Waals surface area (Å²) in [5, 5.41) is 0. The Morgan fingerprint density at radius 1 is 0.567 bits per heavy atom. The molecule has 0 radical (unpaired) electrons. The quantitative estimate of drug-likeness (QED) is 0.236. The van der Waals surface area contributed by atoms with Gasteiger partial charge in [-0.2, -0.15) is 0 Å². The Morgan fingerprint density at radius 2 is 1.00 bits per heavy atom. The van der Waals surface area contributed by atoms with E-state index in [1.165, 1.54) is 96.3 Å². The van der Waals surface area contributed by atoms with E-state index < -0.39 is 0 Å². The molecule has 30 heavy (non-hydrogen) atoms. The maximum atomic E-state index is 5.96. The van der Waals surface area contributed by atoms with Gasteiger partial charge in [0.2, 0.25) is 0 Å². The predicted molar refractivity (Wildman–Crippen MR) is 130 cm³/mol. The normalized spacial score (nSPS) is 19.0. The van der Waals surface area contributed by atoms with Crippen molar-refractivity contribution in [3.63, 3.8) is 0 Å². The first kappa shape index (κ1) is 25.1. The molecule has 2 heteroatoms. The van der Waals surface area contributed by atoms with Crippen LogP contribution in [0.5, 0.6) is 11.5 Å². The molecule has 1 aromatic rings. The van der Waals surface area contributed by atoms with Gasteiger partial charge < -0.3 is 9.47 Å². The van der Waals surface area contributed by atoms with E-state index in [-0.39, 0.29) is 0 Å². The second-order valence-electron chi connectivity index (χ2n) is 9.46. The molecule has 2 nitrogen and oxygen atoms in total. The standard InChI is InChI=1S/C28H48O2/c1-3-5-7-8-9-11-23-29-27-19-21-28(22-20-27)30-24-12-14-26-17-15-25(16-18-26)13-10-6-4-2/h19-22,25-26H,3-18,23-24H2,1-2H3/t25-,26-. The zero-order valence-corrected chi connectivity index (χ0v) is 20.0. The van der Waals surface area contributed by atoms with Gasteiger partial charge in [-0.1, -0.05) is 97.3 Å². The lowest BCUT2D eigenvalue weighted by molar-refractivity contribution is 0.228. The number of hydrogen-bond acceptors (Lipinski definition) is 2. The van der Waals surface area contributed by atoms with Crippen molar-refractivity contribution in [1.82, 2.24) is 0 Å². The first-order valence-corrected chi connectivity index (χ1v) is 13.2. The summed E-state index contributed by atoms with van der Waals surface area (Å²) in [4.78, 5) is 0. The predicted octanol–water partition coefficient (Wildman–Crippen LogP) is 8.97. The van der Waals surface area contributed by atoms with Crippen molar-refractivity contribution in [2.75, 3.05) is 13.2 Å². The van der Waals surface area contributed by atoms with E-state index >= 15 is 0 Å². The Bertz CT molecular complexity index is 502. The highest BCUT2D eigenvalue weighted by Crippen LogP contribution is 2.34. The minimum Gasteiger partial charge on any atom is -0.494 e. The lowest BCUT2D eigenvalue weighted by atomic mass is 9.78. The van der Waals surface area contributed by atoms with Crippen molar-refractivity contribution in [2.45, 2.75) is 117 Å². The summed E-state index contributed by atoms with van der Waals surface area (Å²) in [7, 11) is 0. The van der Waals surface area contributed by atoms with Crippen LogP contribution in [0.15, 0.2) is 24.3 Å². The highest BCUT2D eigenvalue weighted by Gasteiger charge is 2.20. The van der Waals surface area contributed by atoms with Crippen molar-refractivity contribution >= 4 is 0 Å². The molecule has 0 unspecified atom stereocenters. The van der Waals surface area contributed by atoms with Crippen LogP contribution in [0.4, 0.5) is 0 Å². The van der Waals surface area contributed by atoms with Crippen molar-refractivity contribution in [3.8, 4) is 11.5 Å². The van der Waals surface area contributed by atoms with Crippen molar-refractivity contribution < 1.29 is 9.47 Å². The summed E-state index contributed by atoms with van der Waals surface area (Å²) < 4.78 is 11.8. The maximum absolute atomic E-state index is 5.96. The molecule has 0 amide bonds. The van der Waals surface area contributed by atoms with E-state index in [2.05, 4.69) is 26.0 Å². The minimum absolute atomic E-state index is 0.827. The molecule has 0 aliphatic heterocycles. The van der Waals surface area contributed by atoms with Crippen LogP contribution in [0, 0.1) is 11.8 Å². The van der Waals surface area contributed by atoms with Gasteiger partial charge in [0.25, 0.3) is 0 Å². The summed E-state index contributed by atoms with van der Waals surface area (Å²) in [5.74, 6) is 3.90. The molecule has 1 saturated carbocycles. The summed E-state index contributed by atoms with van der Waals surface area (Å²) >= 11 is 0. The van der Waals surface area contributed by atoms with Crippen LogP contribution in [0.2, 0.25) is 0 Å². The van der Waals surface area contributed by atoms with Crippen LogP contribution in [-0.2, 0) is 0 Å². The minimum atomic E-state index is 0.827. The number of unbranched alkanes of at least 4 members (excludes halogenated alkanes) is 7. The number of benzene rings is 1. The second kappa shape index (κ2) is 16.5. The summed E-state index contributed by atoms with van der Waals surface area (Å²) in [6, 6.07) is 8.20. The molecule has 2 rings (SSSR count). The van der Waals surface area contributed by atoms with Crippen LogP contribution in [-0.4, -0.2) is 13.2 Å². The molecular weight excluding hydrogens is 368 g/mol. The third kappa shape index (κ3) is 11.3. The van der Waals surface area contributed by atoms with Gasteiger partial charge in [-0.25, -0.2) is 0 Å². The number of hydrogen-bond donors (Lipinski definition) is 0. The van der Waals surface area contributed by atoms with Crippen LogP contribution in [0.3, 0.4) is 0 Å². The summed E-state index contributed by atoms with van der Waals surface area (Å²) in [5.41, 5.74) is 0. The van der Waals surface area contributed by atoms with E-state index in [0.717, 1.165) is 43.0 Å². The topological polar surface area (TPSA) is 18.5 Å². The molecule has 172 valence electrons. The second-order valence-corrected chi connectivity index (χ2v) is 9.46. The molecule has 1 aliphatic rings. The fourth-order valence-electron chi connectivity index (χ4n) is 4.76. The molecule has 0 spiro atoms. The Hall–Kier alpha value is -1.18. The van der Waals surface area contributed by atoms with Gasteiger partial charge in [-0.15, -0.1) is 0 Å². The zero-order valence-electron chi connectivity index (χ0n) is 20.0. The monoisotopic (exact) mass is 416 g/mol. The van der Waals surface area contributed by atoms with Gasteiger partial charge in [-0.3, -0.25) is 0 Å². The Kier molecular flexibility index (Phi) is 13.8. The summed E-state index contributed by atoms with van der Waals surface area (Å²) in [6.07, 6.45) is 21.8. The zero-order chi connectivity index (χ0) is 21.3. The molecule has 0 heterocycles. The highest BCUT2D eigenvalue weighted by molar-refractivity contribution is 5.31. The van der Waals surface area contributed by atoms with Gasteiger partial charge in [0.05, 0.1) is 13.2 Å². The van der Waals surface area contributed by atoms with Gasteiger partial charge in [-0.05, 0) is 55.4 Å². The first-order chi connectivity index (χ1) is 14.8. The average Bonchev–Trinajstić information content (AvgIpc) is 2.78. The number of ether oxygens (including phenoxy) is 2. The van der Waals surface area contributed by atoms with Gasteiger partial charge in [0, 0.05) is 0 Å². The largest absolute Gasteiger partial charge is 0.494 e. The van der Waals surface area contributed by atoms with E-state index in [0.29, 0.717) is 0 Å². The molecule has 0 aromatic heterocycles. The van der Waals surface area contributed by atoms with Crippen molar-refractivity contribution in [1.29, 1.82) is 0 Å². The third-order valence-electron chi connectivity index (χ3n) is 6.80. The Morgan fingerprint density at radius 3 is 1.57 bits per heavy atom. The van der Waals surface area contributed by atoms with Gasteiger partial charge >= 0.3 is 0 Å². The molecular formula is C28H48O2.